The third-order valence-corrected chi connectivity index (χ3v) is 3.23. The van der Waals surface area contributed by atoms with Crippen molar-refractivity contribution in [3.63, 3.8) is 0 Å². The van der Waals surface area contributed by atoms with E-state index in [0.29, 0.717) is 31.9 Å². The lowest BCUT2D eigenvalue weighted by Gasteiger charge is -2.26. The highest BCUT2D eigenvalue weighted by molar-refractivity contribution is 5.77. The van der Waals surface area contributed by atoms with Crippen LogP contribution < -0.4 is 11.1 Å². The number of rotatable bonds is 6. The lowest BCUT2D eigenvalue weighted by molar-refractivity contribution is -0.143. The molecule has 0 aliphatic heterocycles. The van der Waals surface area contributed by atoms with Gasteiger partial charge in [0.1, 0.15) is 0 Å². The van der Waals surface area contributed by atoms with Gasteiger partial charge in [0.2, 0.25) is 5.91 Å². The number of nitrogens with one attached hydrogen (secondary N) is 1. The summed E-state index contributed by atoms with van der Waals surface area (Å²) in [4.78, 5) is 22.7. The van der Waals surface area contributed by atoms with Crippen LogP contribution in [0, 0.1) is 0 Å². The zero-order valence-electron chi connectivity index (χ0n) is 11.1. The zero-order valence-corrected chi connectivity index (χ0v) is 11.1. The van der Waals surface area contributed by atoms with Crippen LogP contribution in [0.1, 0.15) is 51.9 Å². The minimum absolute atomic E-state index is 0.0276. The normalized spacial score (nSPS) is 23.4. The standard InChI is InChI=1S/C13H24N2O3/c1-2-18-13(17)5-3-4-12(16)15-11-8-6-10(14)7-9-11/h10-11H,2-9,14H2,1H3,(H,15,16). The summed E-state index contributed by atoms with van der Waals surface area (Å²) in [6.45, 7) is 2.17. The summed E-state index contributed by atoms with van der Waals surface area (Å²) in [7, 11) is 0. The van der Waals surface area contributed by atoms with Crippen molar-refractivity contribution in [2.24, 2.45) is 5.73 Å². The number of nitrogens with two attached hydrogens (primary N) is 1. The molecule has 0 radical (unpaired) electrons. The Kier molecular flexibility index (Phi) is 6.72. The van der Waals surface area contributed by atoms with Gasteiger partial charge in [-0.15, -0.1) is 0 Å². The Morgan fingerprint density at radius 2 is 1.89 bits per heavy atom. The Hall–Kier alpha value is -1.10. The van der Waals surface area contributed by atoms with E-state index < -0.39 is 0 Å². The summed E-state index contributed by atoms with van der Waals surface area (Å²) in [6, 6.07) is 0.557. The quantitative estimate of drug-likeness (QED) is 0.697. The van der Waals surface area contributed by atoms with Crippen molar-refractivity contribution in [3.8, 4) is 0 Å². The van der Waals surface area contributed by atoms with Crippen molar-refractivity contribution in [2.75, 3.05) is 6.61 Å². The van der Waals surface area contributed by atoms with Crippen molar-refractivity contribution in [1.29, 1.82) is 0 Å². The second-order valence-electron chi connectivity index (χ2n) is 4.84. The molecule has 1 amide bonds. The first-order valence-electron chi connectivity index (χ1n) is 6.82. The molecule has 0 unspecified atom stereocenters. The SMILES string of the molecule is CCOC(=O)CCCC(=O)NC1CCC(N)CC1. The molecule has 1 aliphatic carbocycles. The van der Waals surface area contributed by atoms with Crippen LogP contribution in [0.4, 0.5) is 0 Å². The number of amides is 1. The van der Waals surface area contributed by atoms with Crippen LogP contribution >= 0.6 is 0 Å². The summed E-state index contributed by atoms with van der Waals surface area (Å²) in [5, 5.41) is 3.00. The van der Waals surface area contributed by atoms with Crippen molar-refractivity contribution in [3.05, 3.63) is 0 Å². The number of hydrogen-bond donors (Lipinski definition) is 2. The van der Waals surface area contributed by atoms with Gasteiger partial charge in [0.25, 0.3) is 0 Å². The first-order valence-corrected chi connectivity index (χ1v) is 6.82. The Morgan fingerprint density at radius 1 is 1.22 bits per heavy atom. The van der Waals surface area contributed by atoms with Crippen LogP contribution in [0.15, 0.2) is 0 Å². The highest BCUT2D eigenvalue weighted by Crippen LogP contribution is 2.17. The second kappa shape index (κ2) is 8.08. The minimum Gasteiger partial charge on any atom is -0.466 e. The number of ether oxygens (including phenoxy) is 1. The van der Waals surface area contributed by atoms with Gasteiger partial charge < -0.3 is 15.8 Å². The Labute approximate surface area is 108 Å². The van der Waals surface area contributed by atoms with E-state index in [1.54, 1.807) is 6.92 Å². The van der Waals surface area contributed by atoms with Gasteiger partial charge in [-0.3, -0.25) is 9.59 Å². The van der Waals surface area contributed by atoms with E-state index in [2.05, 4.69) is 5.32 Å². The van der Waals surface area contributed by atoms with Crippen molar-refractivity contribution < 1.29 is 14.3 Å². The molecule has 5 nitrogen and oxygen atoms in total. The lowest BCUT2D eigenvalue weighted by atomic mass is 9.92. The van der Waals surface area contributed by atoms with Crippen molar-refractivity contribution in [2.45, 2.75) is 64.0 Å². The van der Waals surface area contributed by atoms with Gasteiger partial charge in [-0.25, -0.2) is 0 Å². The van der Waals surface area contributed by atoms with E-state index >= 15 is 0 Å². The summed E-state index contributed by atoms with van der Waals surface area (Å²) in [5.41, 5.74) is 5.81. The smallest absolute Gasteiger partial charge is 0.305 e. The van der Waals surface area contributed by atoms with E-state index in [1.807, 2.05) is 0 Å². The fraction of sp³-hybridized carbons (Fsp3) is 0.846. The molecule has 0 bridgehead atoms. The molecule has 1 saturated carbocycles. The third kappa shape index (κ3) is 6.00. The maximum Gasteiger partial charge on any atom is 0.305 e. The number of hydrogen-bond acceptors (Lipinski definition) is 4. The van der Waals surface area contributed by atoms with E-state index in [9.17, 15) is 9.59 Å². The minimum atomic E-state index is -0.228. The number of carbonyl (C=O) groups excluding carboxylic acids is 2. The Morgan fingerprint density at radius 3 is 2.50 bits per heavy atom. The first kappa shape index (κ1) is 15.0. The average Bonchev–Trinajstić information content (AvgIpc) is 2.32. The fourth-order valence-electron chi connectivity index (χ4n) is 2.19. The first-order chi connectivity index (χ1) is 8.61. The highest BCUT2D eigenvalue weighted by Gasteiger charge is 2.19. The summed E-state index contributed by atoms with van der Waals surface area (Å²) >= 11 is 0. The van der Waals surface area contributed by atoms with Gasteiger partial charge in [0, 0.05) is 24.9 Å². The Bertz CT molecular complexity index is 273. The third-order valence-electron chi connectivity index (χ3n) is 3.23. The van der Waals surface area contributed by atoms with Crippen LogP contribution in [-0.2, 0) is 14.3 Å². The van der Waals surface area contributed by atoms with Gasteiger partial charge in [0.15, 0.2) is 0 Å². The predicted molar refractivity (Wildman–Crippen MR) is 68.9 cm³/mol. The van der Waals surface area contributed by atoms with Crippen LogP contribution in [-0.4, -0.2) is 30.6 Å². The van der Waals surface area contributed by atoms with Crippen LogP contribution in [0.5, 0.6) is 0 Å². The molecule has 0 spiro atoms. The summed E-state index contributed by atoms with van der Waals surface area (Å²) in [6.07, 6.45) is 5.15. The maximum atomic E-state index is 11.6. The molecule has 1 rings (SSSR count). The molecule has 18 heavy (non-hydrogen) atoms. The predicted octanol–water partition coefficient (Wildman–Crippen LogP) is 1.11. The van der Waals surface area contributed by atoms with E-state index in [0.717, 1.165) is 25.7 Å². The van der Waals surface area contributed by atoms with Crippen LogP contribution in [0.25, 0.3) is 0 Å². The van der Waals surface area contributed by atoms with E-state index in [1.165, 1.54) is 0 Å². The molecule has 0 aromatic rings. The van der Waals surface area contributed by atoms with Gasteiger partial charge >= 0.3 is 5.97 Å². The monoisotopic (exact) mass is 256 g/mol. The molecule has 1 aliphatic rings. The van der Waals surface area contributed by atoms with Crippen molar-refractivity contribution >= 4 is 11.9 Å². The number of esters is 1. The second-order valence-corrected chi connectivity index (χ2v) is 4.84. The Balaban J connectivity index is 2.08. The largest absolute Gasteiger partial charge is 0.466 e. The lowest BCUT2D eigenvalue weighted by Crippen LogP contribution is -2.40. The fourth-order valence-corrected chi connectivity index (χ4v) is 2.19. The van der Waals surface area contributed by atoms with Crippen molar-refractivity contribution in [1.82, 2.24) is 5.32 Å². The number of carbonyl (C=O) groups is 2. The van der Waals surface area contributed by atoms with Gasteiger partial charge in [-0.1, -0.05) is 0 Å². The van der Waals surface area contributed by atoms with Gasteiger partial charge in [0.05, 0.1) is 6.61 Å². The average molecular weight is 256 g/mol. The molecule has 0 heterocycles. The van der Waals surface area contributed by atoms with E-state index in [4.69, 9.17) is 10.5 Å². The molecule has 0 atom stereocenters. The molecule has 1 fully saturated rings. The van der Waals surface area contributed by atoms with Crippen LogP contribution in [0.3, 0.4) is 0 Å². The van der Waals surface area contributed by atoms with Gasteiger partial charge in [-0.2, -0.15) is 0 Å². The molecule has 5 heteroatoms. The summed E-state index contributed by atoms with van der Waals surface area (Å²) < 4.78 is 4.80. The molecule has 104 valence electrons. The zero-order chi connectivity index (χ0) is 13.4. The summed E-state index contributed by atoms with van der Waals surface area (Å²) in [5.74, 6) is -0.200. The van der Waals surface area contributed by atoms with E-state index in [-0.39, 0.29) is 17.9 Å². The molecule has 0 saturated heterocycles. The van der Waals surface area contributed by atoms with Crippen LogP contribution in [0.2, 0.25) is 0 Å². The topological polar surface area (TPSA) is 81.4 Å². The molecule has 3 N–H and O–H groups in total. The molecular weight excluding hydrogens is 232 g/mol. The molecule has 0 aromatic carbocycles. The van der Waals surface area contributed by atoms with Gasteiger partial charge in [-0.05, 0) is 39.0 Å². The molecular formula is C13H24N2O3. The molecule has 0 aromatic heterocycles. The highest BCUT2D eigenvalue weighted by atomic mass is 16.5. The maximum absolute atomic E-state index is 11.6.